The summed E-state index contributed by atoms with van der Waals surface area (Å²) in [5.41, 5.74) is 5.06. The maximum absolute atomic E-state index is 4.13. The zero-order valence-electron chi connectivity index (χ0n) is 25.6. The molecule has 3 fully saturated rings. The van der Waals surface area contributed by atoms with E-state index in [1.807, 2.05) is 12.4 Å². The molecule has 4 nitrogen and oxygen atoms in total. The van der Waals surface area contributed by atoms with E-state index in [0.29, 0.717) is 11.5 Å². The molecule has 1 unspecified atom stereocenters. The standard InChI is InChI=1S/C37H48N4S/c1-28(2)41-26-30-7-3-6-10-36(30)37(27-41,31-8-4-5-9-31)32-17-21-39(22-18-32)23-29-24-40(25-29)33-11-13-34(14-12-33)42-35-15-19-38-20-16-35/h3,6-7,10-16,19-20,28-29,31-32H,4-5,8-9,17-18,21-27H2,1-2H3. The monoisotopic (exact) mass is 580 g/mol. The van der Waals surface area contributed by atoms with E-state index >= 15 is 0 Å². The maximum atomic E-state index is 4.13. The lowest BCUT2D eigenvalue weighted by Crippen LogP contribution is -2.58. The van der Waals surface area contributed by atoms with E-state index in [2.05, 4.69) is 94.2 Å². The van der Waals surface area contributed by atoms with Gasteiger partial charge < -0.3 is 9.80 Å². The molecule has 222 valence electrons. The first-order valence-electron chi connectivity index (χ1n) is 16.6. The summed E-state index contributed by atoms with van der Waals surface area (Å²) in [5.74, 6) is 2.45. The molecule has 0 spiro atoms. The van der Waals surface area contributed by atoms with Gasteiger partial charge in [-0.1, -0.05) is 48.9 Å². The number of benzene rings is 2. The van der Waals surface area contributed by atoms with Crippen LogP contribution in [0, 0.1) is 17.8 Å². The lowest BCUT2D eigenvalue weighted by Gasteiger charge is -2.55. The number of likely N-dealkylation sites (tertiary alicyclic amines) is 1. The van der Waals surface area contributed by atoms with Crippen molar-refractivity contribution in [2.45, 2.75) is 80.2 Å². The number of rotatable bonds is 8. The van der Waals surface area contributed by atoms with E-state index in [1.54, 1.807) is 22.9 Å². The molecule has 0 bridgehead atoms. The van der Waals surface area contributed by atoms with Crippen LogP contribution in [0.25, 0.3) is 0 Å². The third kappa shape index (κ3) is 5.65. The molecule has 0 N–H and O–H groups in total. The molecule has 4 heterocycles. The predicted octanol–water partition coefficient (Wildman–Crippen LogP) is 7.73. The molecular formula is C37H48N4S. The Bertz CT molecular complexity index is 1310. The van der Waals surface area contributed by atoms with Crippen LogP contribution in [-0.4, -0.2) is 60.1 Å². The Hall–Kier alpha value is -2.34. The van der Waals surface area contributed by atoms with E-state index in [0.717, 1.165) is 24.3 Å². The first kappa shape index (κ1) is 28.4. The summed E-state index contributed by atoms with van der Waals surface area (Å²) in [5, 5.41) is 0. The van der Waals surface area contributed by atoms with Crippen LogP contribution in [0.15, 0.2) is 82.8 Å². The summed E-state index contributed by atoms with van der Waals surface area (Å²) in [4.78, 5) is 14.8. The Kier molecular flexibility index (Phi) is 8.35. The molecule has 0 amide bonds. The largest absolute Gasteiger partial charge is 0.371 e. The second kappa shape index (κ2) is 12.3. The highest BCUT2D eigenvalue weighted by Gasteiger charge is 2.51. The molecule has 1 atom stereocenters. The molecule has 2 saturated heterocycles. The number of pyridine rings is 1. The van der Waals surface area contributed by atoms with E-state index in [1.165, 1.54) is 93.3 Å². The Morgan fingerprint density at radius 3 is 2.21 bits per heavy atom. The smallest absolute Gasteiger partial charge is 0.0367 e. The van der Waals surface area contributed by atoms with Crippen molar-refractivity contribution in [2.75, 3.05) is 44.2 Å². The predicted molar refractivity (Wildman–Crippen MR) is 175 cm³/mol. The minimum atomic E-state index is 0.344. The molecule has 7 rings (SSSR count). The van der Waals surface area contributed by atoms with Gasteiger partial charge in [0.2, 0.25) is 0 Å². The molecule has 1 saturated carbocycles. The Labute approximate surface area is 257 Å². The van der Waals surface area contributed by atoms with E-state index in [-0.39, 0.29) is 0 Å². The summed E-state index contributed by atoms with van der Waals surface area (Å²) < 4.78 is 0. The number of hydrogen-bond donors (Lipinski definition) is 0. The normalized spacial score (nSPS) is 24.7. The fourth-order valence-corrected chi connectivity index (χ4v) is 9.61. The zero-order chi connectivity index (χ0) is 28.5. The Balaban J connectivity index is 0.966. The van der Waals surface area contributed by atoms with Crippen molar-refractivity contribution in [1.29, 1.82) is 0 Å². The summed E-state index contributed by atoms with van der Waals surface area (Å²) in [6, 6.07) is 23.5. The van der Waals surface area contributed by atoms with E-state index in [9.17, 15) is 0 Å². The number of piperidine rings is 1. The molecule has 1 aromatic heterocycles. The molecule has 0 radical (unpaired) electrons. The first-order chi connectivity index (χ1) is 20.6. The topological polar surface area (TPSA) is 22.6 Å². The van der Waals surface area contributed by atoms with E-state index in [4.69, 9.17) is 0 Å². The number of hydrogen-bond acceptors (Lipinski definition) is 5. The number of fused-ring (bicyclic) bond motifs is 1. The summed E-state index contributed by atoms with van der Waals surface area (Å²) in [7, 11) is 0. The van der Waals surface area contributed by atoms with Crippen LogP contribution in [0.4, 0.5) is 5.69 Å². The van der Waals surface area contributed by atoms with Crippen LogP contribution in [0.2, 0.25) is 0 Å². The lowest BCUT2D eigenvalue weighted by molar-refractivity contribution is 0.0242. The molecule has 4 aliphatic rings. The third-order valence-electron chi connectivity index (χ3n) is 11.0. The van der Waals surface area contributed by atoms with Crippen molar-refractivity contribution in [2.24, 2.45) is 17.8 Å². The van der Waals surface area contributed by atoms with Gasteiger partial charge in [0.15, 0.2) is 0 Å². The molecule has 3 aromatic rings. The fraction of sp³-hybridized carbons (Fsp3) is 0.541. The molecule has 42 heavy (non-hydrogen) atoms. The Morgan fingerprint density at radius 1 is 0.833 bits per heavy atom. The zero-order valence-corrected chi connectivity index (χ0v) is 26.4. The average molecular weight is 581 g/mol. The van der Waals surface area contributed by atoms with Crippen LogP contribution in [0.5, 0.6) is 0 Å². The van der Waals surface area contributed by atoms with Gasteiger partial charge in [0.05, 0.1) is 0 Å². The van der Waals surface area contributed by atoms with Crippen LogP contribution >= 0.6 is 11.8 Å². The van der Waals surface area contributed by atoms with E-state index < -0.39 is 0 Å². The minimum absolute atomic E-state index is 0.344. The van der Waals surface area contributed by atoms with Gasteiger partial charge in [0.25, 0.3) is 0 Å². The lowest BCUT2D eigenvalue weighted by atomic mass is 9.57. The van der Waals surface area contributed by atoms with Crippen LogP contribution in [0.1, 0.15) is 63.5 Å². The van der Waals surface area contributed by atoms with Crippen molar-refractivity contribution in [3.8, 4) is 0 Å². The summed E-state index contributed by atoms with van der Waals surface area (Å²) in [6.45, 7) is 13.4. The van der Waals surface area contributed by atoms with Crippen LogP contribution < -0.4 is 4.90 Å². The molecule has 2 aromatic carbocycles. The van der Waals surface area contributed by atoms with Gasteiger partial charge in [0.1, 0.15) is 0 Å². The second-order valence-electron chi connectivity index (χ2n) is 13.8. The minimum Gasteiger partial charge on any atom is -0.371 e. The fourth-order valence-electron chi connectivity index (χ4n) is 8.80. The number of nitrogens with zero attached hydrogens (tertiary/aromatic N) is 4. The number of aromatic nitrogens is 1. The third-order valence-corrected chi connectivity index (χ3v) is 12.1. The van der Waals surface area contributed by atoms with Crippen molar-refractivity contribution in [1.82, 2.24) is 14.8 Å². The maximum Gasteiger partial charge on any atom is 0.0367 e. The van der Waals surface area contributed by atoms with Crippen molar-refractivity contribution >= 4 is 17.4 Å². The van der Waals surface area contributed by atoms with Gasteiger partial charge in [-0.25, -0.2) is 0 Å². The number of anilines is 1. The quantitative estimate of drug-likeness (QED) is 0.271. The highest BCUT2D eigenvalue weighted by Crippen LogP contribution is 2.53. The van der Waals surface area contributed by atoms with Gasteiger partial charge in [-0.2, -0.15) is 0 Å². The molecule has 1 aliphatic carbocycles. The van der Waals surface area contributed by atoms with Gasteiger partial charge in [-0.05, 0) is 112 Å². The summed E-state index contributed by atoms with van der Waals surface area (Å²) >= 11 is 1.81. The van der Waals surface area contributed by atoms with Gasteiger partial charge in [-0.3, -0.25) is 9.88 Å². The molecular weight excluding hydrogens is 533 g/mol. The SMILES string of the molecule is CC(C)N1Cc2ccccc2C(C2CCCC2)(C2CCN(CC3CN(c4ccc(Sc5ccncc5)cc4)C3)CC2)C1. The highest BCUT2D eigenvalue weighted by atomic mass is 32.2. The molecule has 5 heteroatoms. The van der Waals surface area contributed by atoms with Crippen molar-refractivity contribution < 1.29 is 0 Å². The van der Waals surface area contributed by atoms with Crippen molar-refractivity contribution in [3.63, 3.8) is 0 Å². The first-order valence-corrected chi connectivity index (χ1v) is 17.4. The summed E-state index contributed by atoms with van der Waals surface area (Å²) in [6.07, 6.45) is 12.2. The molecule has 3 aliphatic heterocycles. The van der Waals surface area contributed by atoms with Crippen LogP contribution in [-0.2, 0) is 12.0 Å². The van der Waals surface area contributed by atoms with Gasteiger partial charge in [-0.15, -0.1) is 0 Å². The van der Waals surface area contributed by atoms with Gasteiger partial charge >= 0.3 is 0 Å². The Morgan fingerprint density at radius 2 is 1.50 bits per heavy atom. The van der Waals surface area contributed by atoms with Crippen LogP contribution in [0.3, 0.4) is 0 Å². The van der Waals surface area contributed by atoms with Gasteiger partial charge in [0, 0.05) is 78.0 Å². The van der Waals surface area contributed by atoms with Crippen molar-refractivity contribution in [3.05, 3.63) is 84.2 Å². The second-order valence-corrected chi connectivity index (χ2v) is 14.9. The highest BCUT2D eigenvalue weighted by molar-refractivity contribution is 7.99. The average Bonchev–Trinajstić information content (AvgIpc) is 3.55.